The minimum atomic E-state index is 0.688. The summed E-state index contributed by atoms with van der Waals surface area (Å²) in [4.78, 5) is 2.10. The van der Waals surface area contributed by atoms with Crippen molar-refractivity contribution in [3.63, 3.8) is 0 Å². The van der Waals surface area contributed by atoms with Gasteiger partial charge in [0.25, 0.3) is 0 Å². The summed E-state index contributed by atoms with van der Waals surface area (Å²) in [5, 5.41) is 4.13. The van der Waals surface area contributed by atoms with Crippen LogP contribution in [0.2, 0.25) is 5.02 Å². The van der Waals surface area contributed by atoms with E-state index in [-0.39, 0.29) is 0 Å². The van der Waals surface area contributed by atoms with Crippen LogP contribution in [-0.4, -0.2) is 32.1 Å². The summed E-state index contributed by atoms with van der Waals surface area (Å²) < 4.78 is 5.67. The summed E-state index contributed by atoms with van der Waals surface area (Å²) in [5.74, 6) is 0.880. The molecule has 0 amide bonds. The Kier molecular flexibility index (Phi) is 5.48. The molecule has 0 atom stereocenters. The zero-order valence-corrected chi connectivity index (χ0v) is 13.4. The maximum absolute atomic E-state index is 6.12. The summed E-state index contributed by atoms with van der Waals surface area (Å²) in [6.45, 7) is 3.60. The molecule has 0 saturated heterocycles. The zero-order chi connectivity index (χ0) is 15.2. The van der Waals surface area contributed by atoms with Crippen molar-refractivity contribution in [1.29, 1.82) is 0 Å². The molecule has 112 valence electrons. The van der Waals surface area contributed by atoms with Crippen LogP contribution in [0.25, 0.3) is 0 Å². The van der Waals surface area contributed by atoms with E-state index < -0.39 is 0 Å². The van der Waals surface area contributed by atoms with Gasteiger partial charge in [-0.2, -0.15) is 0 Å². The van der Waals surface area contributed by atoms with Crippen LogP contribution >= 0.6 is 11.6 Å². The van der Waals surface area contributed by atoms with Crippen molar-refractivity contribution in [2.75, 3.05) is 32.6 Å². The molecule has 2 aromatic rings. The Balaban J connectivity index is 1.97. The molecule has 0 fully saturated rings. The van der Waals surface area contributed by atoms with Gasteiger partial charge < -0.3 is 15.0 Å². The third-order valence-corrected chi connectivity index (χ3v) is 3.62. The lowest BCUT2D eigenvalue weighted by molar-refractivity contribution is 0.261. The average Bonchev–Trinajstić information content (AvgIpc) is 2.45. The highest BCUT2D eigenvalue weighted by molar-refractivity contribution is 6.31. The first-order valence-corrected chi connectivity index (χ1v) is 7.34. The standard InChI is InChI=1S/C17H21ClN2O/c1-13-16(18)5-4-6-17(13)19-14-7-9-15(10-8-14)21-12-11-20(2)3/h4-10,19H,11-12H2,1-3H3. The number of halogens is 1. The van der Waals surface area contributed by atoms with Crippen LogP contribution in [0.15, 0.2) is 42.5 Å². The van der Waals surface area contributed by atoms with Crippen LogP contribution < -0.4 is 10.1 Å². The Labute approximate surface area is 131 Å². The second kappa shape index (κ2) is 7.34. The minimum Gasteiger partial charge on any atom is -0.492 e. The van der Waals surface area contributed by atoms with Gasteiger partial charge >= 0.3 is 0 Å². The minimum absolute atomic E-state index is 0.688. The first-order valence-electron chi connectivity index (χ1n) is 6.96. The lowest BCUT2D eigenvalue weighted by Crippen LogP contribution is -2.19. The number of ether oxygens (including phenoxy) is 1. The average molecular weight is 305 g/mol. The highest BCUT2D eigenvalue weighted by atomic mass is 35.5. The molecule has 0 aliphatic heterocycles. The van der Waals surface area contributed by atoms with E-state index in [1.54, 1.807) is 0 Å². The van der Waals surface area contributed by atoms with Gasteiger partial charge in [0.15, 0.2) is 0 Å². The quantitative estimate of drug-likeness (QED) is 0.859. The van der Waals surface area contributed by atoms with Crippen LogP contribution in [0.4, 0.5) is 11.4 Å². The van der Waals surface area contributed by atoms with Crippen molar-refractivity contribution in [2.24, 2.45) is 0 Å². The first-order chi connectivity index (χ1) is 10.1. The monoisotopic (exact) mass is 304 g/mol. The molecule has 0 saturated carbocycles. The molecule has 21 heavy (non-hydrogen) atoms. The molecule has 0 heterocycles. The predicted molar refractivity (Wildman–Crippen MR) is 90.0 cm³/mol. The van der Waals surface area contributed by atoms with Gasteiger partial charge in [-0.05, 0) is 63.0 Å². The molecular formula is C17H21ClN2O. The fourth-order valence-corrected chi connectivity index (χ4v) is 2.05. The molecule has 0 aliphatic carbocycles. The SMILES string of the molecule is Cc1c(Cl)cccc1Nc1ccc(OCCN(C)C)cc1. The third kappa shape index (κ3) is 4.66. The smallest absolute Gasteiger partial charge is 0.119 e. The van der Waals surface area contributed by atoms with Crippen LogP contribution in [0, 0.1) is 6.92 Å². The molecule has 3 nitrogen and oxygen atoms in total. The summed E-state index contributed by atoms with van der Waals surface area (Å²) in [5.41, 5.74) is 3.08. The van der Waals surface area contributed by atoms with Gasteiger partial charge in [0, 0.05) is 22.9 Å². The van der Waals surface area contributed by atoms with E-state index in [0.717, 1.165) is 34.3 Å². The first kappa shape index (κ1) is 15.7. The maximum atomic E-state index is 6.12. The van der Waals surface area contributed by atoms with Crippen LogP contribution in [0.1, 0.15) is 5.56 Å². The van der Waals surface area contributed by atoms with Crippen molar-refractivity contribution >= 4 is 23.0 Å². The lowest BCUT2D eigenvalue weighted by Gasteiger charge is -2.13. The van der Waals surface area contributed by atoms with Crippen LogP contribution in [-0.2, 0) is 0 Å². The van der Waals surface area contributed by atoms with E-state index in [1.807, 2.05) is 63.5 Å². The Morgan fingerprint density at radius 1 is 1.10 bits per heavy atom. The Morgan fingerprint density at radius 2 is 1.81 bits per heavy atom. The van der Waals surface area contributed by atoms with Crippen molar-refractivity contribution in [2.45, 2.75) is 6.92 Å². The van der Waals surface area contributed by atoms with Crippen molar-refractivity contribution in [3.8, 4) is 5.75 Å². The van der Waals surface area contributed by atoms with Crippen LogP contribution in [0.5, 0.6) is 5.75 Å². The Morgan fingerprint density at radius 3 is 2.48 bits per heavy atom. The van der Waals surface area contributed by atoms with Crippen LogP contribution in [0.3, 0.4) is 0 Å². The molecule has 1 N–H and O–H groups in total. The van der Waals surface area contributed by atoms with E-state index in [2.05, 4.69) is 10.2 Å². The predicted octanol–water partition coefficient (Wildman–Crippen LogP) is 4.33. The Bertz CT molecular complexity index is 582. The second-order valence-corrected chi connectivity index (χ2v) is 5.62. The van der Waals surface area contributed by atoms with Gasteiger partial charge in [0.2, 0.25) is 0 Å². The highest BCUT2D eigenvalue weighted by Crippen LogP contribution is 2.26. The maximum Gasteiger partial charge on any atom is 0.119 e. The number of rotatable bonds is 6. The molecule has 0 spiro atoms. The molecule has 0 bridgehead atoms. The van der Waals surface area contributed by atoms with E-state index >= 15 is 0 Å². The van der Waals surface area contributed by atoms with E-state index in [9.17, 15) is 0 Å². The molecule has 0 radical (unpaired) electrons. The number of anilines is 2. The fraction of sp³-hybridized carbons (Fsp3) is 0.294. The largest absolute Gasteiger partial charge is 0.492 e. The summed E-state index contributed by atoms with van der Waals surface area (Å²) in [6.07, 6.45) is 0. The van der Waals surface area contributed by atoms with Gasteiger partial charge in [0.1, 0.15) is 12.4 Å². The normalized spacial score (nSPS) is 10.7. The molecular weight excluding hydrogens is 284 g/mol. The third-order valence-electron chi connectivity index (χ3n) is 3.21. The number of nitrogens with one attached hydrogen (secondary N) is 1. The number of hydrogen-bond donors (Lipinski definition) is 1. The molecule has 0 aliphatic rings. The van der Waals surface area contributed by atoms with Crippen molar-refractivity contribution in [3.05, 3.63) is 53.1 Å². The molecule has 2 aromatic carbocycles. The summed E-state index contributed by atoms with van der Waals surface area (Å²) >= 11 is 6.12. The molecule has 4 heteroatoms. The number of likely N-dealkylation sites (N-methyl/N-ethyl adjacent to an activating group) is 1. The zero-order valence-electron chi connectivity index (χ0n) is 12.7. The van der Waals surface area contributed by atoms with E-state index in [4.69, 9.17) is 16.3 Å². The van der Waals surface area contributed by atoms with E-state index in [1.165, 1.54) is 0 Å². The summed E-state index contributed by atoms with van der Waals surface area (Å²) in [7, 11) is 4.06. The van der Waals surface area contributed by atoms with Crippen molar-refractivity contribution in [1.82, 2.24) is 4.90 Å². The summed E-state index contributed by atoms with van der Waals surface area (Å²) in [6, 6.07) is 13.8. The molecule has 0 aromatic heterocycles. The van der Waals surface area contributed by atoms with Gasteiger partial charge in [-0.25, -0.2) is 0 Å². The number of benzene rings is 2. The van der Waals surface area contributed by atoms with E-state index in [0.29, 0.717) is 6.61 Å². The topological polar surface area (TPSA) is 24.5 Å². The highest BCUT2D eigenvalue weighted by Gasteiger charge is 2.02. The van der Waals surface area contributed by atoms with Gasteiger partial charge in [0.05, 0.1) is 0 Å². The van der Waals surface area contributed by atoms with Gasteiger partial charge in [-0.15, -0.1) is 0 Å². The van der Waals surface area contributed by atoms with Gasteiger partial charge in [-0.1, -0.05) is 17.7 Å². The lowest BCUT2D eigenvalue weighted by atomic mass is 10.2. The fourth-order valence-electron chi connectivity index (χ4n) is 1.88. The second-order valence-electron chi connectivity index (χ2n) is 5.21. The number of hydrogen-bond acceptors (Lipinski definition) is 3. The number of nitrogens with zero attached hydrogens (tertiary/aromatic N) is 1. The van der Waals surface area contributed by atoms with Crippen molar-refractivity contribution < 1.29 is 4.74 Å². The Hall–Kier alpha value is -1.71. The molecule has 2 rings (SSSR count). The molecule has 0 unspecified atom stereocenters. The van der Waals surface area contributed by atoms with Gasteiger partial charge in [-0.3, -0.25) is 0 Å².